The maximum Gasteiger partial charge on any atom is 0.255 e. The van der Waals surface area contributed by atoms with E-state index in [-0.39, 0.29) is 11.8 Å². The molecule has 0 aliphatic carbocycles. The molecule has 0 bridgehead atoms. The quantitative estimate of drug-likeness (QED) is 0.872. The summed E-state index contributed by atoms with van der Waals surface area (Å²) in [7, 11) is 0. The van der Waals surface area contributed by atoms with E-state index in [2.05, 4.69) is 5.32 Å². The van der Waals surface area contributed by atoms with Crippen molar-refractivity contribution in [3.63, 3.8) is 0 Å². The van der Waals surface area contributed by atoms with Crippen LogP contribution in [0, 0.1) is 12.3 Å². The standard InChI is InChI=1S/C22H26N2O3/c1-5-12-24-18-13-16(23-20(25)17-9-7-6-8-15(17)2)10-11-19(18)27-14-22(3,4)21(24)26/h6-11,13H,5,12,14H2,1-4H3,(H,23,25). The molecular formula is C22H26N2O3. The Balaban J connectivity index is 1.93. The van der Waals surface area contributed by atoms with E-state index < -0.39 is 5.41 Å². The summed E-state index contributed by atoms with van der Waals surface area (Å²) >= 11 is 0. The molecule has 2 aromatic rings. The third-order valence-electron chi connectivity index (χ3n) is 4.76. The molecule has 0 aromatic heterocycles. The van der Waals surface area contributed by atoms with Gasteiger partial charge in [0, 0.05) is 17.8 Å². The van der Waals surface area contributed by atoms with Gasteiger partial charge in [-0.3, -0.25) is 9.59 Å². The minimum Gasteiger partial charge on any atom is -0.490 e. The van der Waals surface area contributed by atoms with Crippen molar-refractivity contribution in [2.45, 2.75) is 34.1 Å². The molecule has 0 radical (unpaired) electrons. The molecule has 2 aromatic carbocycles. The Morgan fingerprint density at radius 2 is 1.96 bits per heavy atom. The van der Waals surface area contributed by atoms with E-state index in [1.54, 1.807) is 11.0 Å². The zero-order valence-corrected chi connectivity index (χ0v) is 16.3. The second kappa shape index (κ2) is 7.43. The van der Waals surface area contributed by atoms with E-state index in [1.165, 1.54) is 0 Å². The number of aryl methyl sites for hydroxylation is 1. The Morgan fingerprint density at radius 3 is 2.67 bits per heavy atom. The number of anilines is 2. The monoisotopic (exact) mass is 366 g/mol. The van der Waals surface area contributed by atoms with Crippen molar-refractivity contribution in [3.8, 4) is 5.75 Å². The molecule has 0 saturated carbocycles. The number of benzene rings is 2. The predicted molar refractivity (Wildman–Crippen MR) is 107 cm³/mol. The highest BCUT2D eigenvalue weighted by Gasteiger charge is 2.37. The van der Waals surface area contributed by atoms with Crippen molar-refractivity contribution in [1.29, 1.82) is 0 Å². The van der Waals surface area contributed by atoms with E-state index in [0.29, 0.717) is 35.8 Å². The number of fused-ring (bicyclic) bond motifs is 1. The maximum absolute atomic E-state index is 13.0. The second-order valence-electron chi connectivity index (χ2n) is 7.58. The Kier molecular flexibility index (Phi) is 5.22. The molecule has 0 spiro atoms. The minimum atomic E-state index is -0.598. The van der Waals surface area contributed by atoms with Crippen LogP contribution in [0.2, 0.25) is 0 Å². The van der Waals surface area contributed by atoms with Crippen molar-refractivity contribution in [1.82, 2.24) is 0 Å². The molecule has 2 amide bonds. The number of nitrogens with zero attached hydrogens (tertiary/aromatic N) is 1. The molecule has 1 N–H and O–H groups in total. The van der Waals surface area contributed by atoms with Crippen LogP contribution in [0.25, 0.3) is 0 Å². The molecule has 5 nitrogen and oxygen atoms in total. The van der Waals surface area contributed by atoms with Gasteiger partial charge < -0.3 is 15.0 Å². The van der Waals surface area contributed by atoms with Gasteiger partial charge in [0.25, 0.3) is 5.91 Å². The fourth-order valence-corrected chi connectivity index (χ4v) is 3.19. The summed E-state index contributed by atoms with van der Waals surface area (Å²) in [6, 6.07) is 12.9. The van der Waals surface area contributed by atoms with Crippen LogP contribution < -0.4 is 15.0 Å². The number of amides is 2. The van der Waals surface area contributed by atoms with E-state index in [9.17, 15) is 9.59 Å². The lowest BCUT2D eigenvalue weighted by molar-refractivity contribution is -0.127. The van der Waals surface area contributed by atoms with Gasteiger partial charge in [-0.2, -0.15) is 0 Å². The maximum atomic E-state index is 13.0. The van der Waals surface area contributed by atoms with Crippen LogP contribution >= 0.6 is 0 Å². The van der Waals surface area contributed by atoms with Crippen LogP contribution in [-0.2, 0) is 4.79 Å². The normalized spacial score (nSPS) is 15.6. The molecule has 3 rings (SSSR count). The molecule has 1 heterocycles. The van der Waals surface area contributed by atoms with Crippen molar-refractivity contribution < 1.29 is 14.3 Å². The predicted octanol–water partition coefficient (Wildman–Crippen LogP) is 4.41. The molecule has 142 valence electrons. The van der Waals surface area contributed by atoms with E-state index in [0.717, 1.165) is 12.0 Å². The van der Waals surface area contributed by atoms with Gasteiger partial charge in [-0.25, -0.2) is 0 Å². The molecule has 0 atom stereocenters. The highest BCUT2D eigenvalue weighted by molar-refractivity contribution is 6.06. The van der Waals surface area contributed by atoms with Crippen LogP contribution in [0.5, 0.6) is 5.75 Å². The molecule has 0 fully saturated rings. The number of carbonyl (C=O) groups is 2. The highest BCUT2D eigenvalue weighted by Crippen LogP contribution is 2.38. The molecule has 27 heavy (non-hydrogen) atoms. The Labute approximate surface area is 160 Å². The third-order valence-corrected chi connectivity index (χ3v) is 4.76. The fourth-order valence-electron chi connectivity index (χ4n) is 3.19. The lowest BCUT2D eigenvalue weighted by Gasteiger charge is -2.27. The van der Waals surface area contributed by atoms with Gasteiger partial charge in [-0.15, -0.1) is 0 Å². The molecular weight excluding hydrogens is 340 g/mol. The van der Waals surface area contributed by atoms with Crippen molar-refractivity contribution in [3.05, 3.63) is 53.6 Å². The van der Waals surface area contributed by atoms with Crippen LogP contribution in [0.3, 0.4) is 0 Å². The second-order valence-corrected chi connectivity index (χ2v) is 7.58. The Morgan fingerprint density at radius 1 is 1.22 bits per heavy atom. The topological polar surface area (TPSA) is 58.6 Å². The number of nitrogens with one attached hydrogen (secondary N) is 1. The summed E-state index contributed by atoms with van der Waals surface area (Å²) in [4.78, 5) is 27.4. The van der Waals surface area contributed by atoms with Gasteiger partial charge >= 0.3 is 0 Å². The third kappa shape index (κ3) is 3.82. The average molecular weight is 366 g/mol. The van der Waals surface area contributed by atoms with Gasteiger partial charge in [-0.05, 0) is 57.0 Å². The molecule has 0 saturated heterocycles. The molecule has 5 heteroatoms. The molecule has 0 unspecified atom stereocenters. The lowest BCUT2D eigenvalue weighted by atomic mass is 9.93. The lowest BCUT2D eigenvalue weighted by Crippen LogP contribution is -2.42. The van der Waals surface area contributed by atoms with Crippen LogP contribution in [0.1, 0.15) is 43.1 Å². The van der Waals surface area contributed by atoms with Crippen LogP contribution in [-0.4, -0.2) is 25.0 Å². The largest absolute Gasteiger partial charge is 0.490 e. The smallest absolute Gasteiger partial charge is 0.255 e. The SMILES string of the molecule is CCCN1C(=O)C(C)(C)COc2ccc(NC(=O)c3ccccc3C)cc21. The number of hydrogen-bond acceptors (Lipinski definition) is 3. The molecule has 1 aliphatic heterocycles. The Hall–Kier alpha value is -2.82. The molecule has 1 aliphatic rings. The Bertz CT molecular complexity index is 874. The number of carbonyl (C=O) groups excluding carboxylic acids is 2. The van der Waals surface area contributed by atoms with Gasteiger partial charge in [0.15, 0.2) is 0 Å². The van der Waals surface area contributed by atoms with E-state index in [1.807, 2.05) is 64.1 Å². The number of hydrogen-bond donors (Lipinski definition) is 1. The number of ether oxygens (including phenoxy) is 1. The first kappa shape index (κ1) is 19.0. The van der Waals surface area contributed by atoms with Gasteiger partial charge in [0.1, 0.15) is 12.4 Å². The zero-order valence-electron chi connectivity index (χ0n) is 16.3. The summed E-state index contributed by atoms with van der Waals surface area (Å²) in [5.41, 5.74) is 2.29. The first-order valence-electron chi connectivity index (χ1n) is 9.29. The van der Waals surface area contributed by atoms with E-state index >= 15 is 0 Å². The summed E-state index contributed by atoms with van der Waals surface area (Å²) in [6.07, 6.45) is 0.834. The highest BCUT2D eigenvalue weighted by atomic mass is 16.5. The minimum absolute atomic E-state index is 0.0329. The summed E-state index contributed by atoms with van der Waals surface area (Å²) in [6.45, 7) is 8.66. The number of rotatable bonds is 4. The summed E-state index contributed by atoms with van der Waals surface area (Å²) in [5, 5.41) is 2.94. The zero-order chi connectivity index (χ0) is 19.6. The first-order chi connectivity index (χ1) is 12.8. The first-order valence-corrected chi connectivity index (χ1v) is 9.29. The van der Waals surface area contributed by atoms with Crippen molar-refractivity contribution >= 4 is 23.2 Å². The van der Waals surface area contributed by atoms with Crippen LogP contribution in [0.15, 0.2) is 42.5 Å². The van der Waals surface area contributed by atoms with E-state index in [4.69, 9.17) is 4.74 Å². The van der Waals surface area contributed by atoms with Crippen LogP contribution in [0.4, 0.5) is 11.4 Å². The summed E-state index contributed by atoms with van der Waals surface area (Å²) in [5.74, 6) is 0.526. The van der Waals surface area contributed by atoms with Gasteiger partial charge in [0.2, 0.25) is 5.91 Å². The van der Waals surface area contributed by atoms with Gasteiger partial charge in [0.05, 0.1) is 11.1 Å². The van der Waals surface area contributed by atoms with Crippen molar-refractivity contribution in [2.75, 3.05) is 23.4 Å². The fraction of sp³-hybridized carbons (Fsp3) is 0.364. The van der Waals surface area contributed by atoms with Gasteiger partial charge in [-0.1, -0.05) is 25.1 Å². The average Bonchev–Trinajstić information content (AvgIpc) is 2.72. The summed E-state index contributed by atoms with van der Waals surface area (Å²) < 4.78 is 5.90. The van der Waals surface area contributed by atoms with Crippen molar-refractivity contribution in [2.24, 2.45) is 5.41 Å².